The topological polar surface area (TPSA) is 74.5 Å². The Bertz CT molecular complexity index is 1070. The number of rotatable bonds is 5. The van der Waals surface area contributed by atoms with E-state index in [1.807, 2.05) is 24.4 Å². The highest BCUT2D eigenvalue weighted by Gasteiger charge is 2.32. The van der Waals surface area contributed by atoms with E-state index in [-0.39, 0.29) is 0 Å². The molecular formula is C23H27N5O2. The number of imidazole rings is 1. The van der Waals surface area contributed by atoms with E-state index in [0.29, 0.717) is 25.0 Å². The van der Waals surface area contributed by atoms with Crippen molar-refractivity contribution in [1.29, 1.82) is 0 Å². The molecule has 1 aliphatic heterocycles. The van der Waals surface area contributed by atoms with E-state index < -0.39 is 6.09 Å². The van der Waals surface area contributed by atoms with Gasteiger partial charge in [-0.3, -0.25) is 9.88 Å². The van der Waals surface area contributed by atoms with Crippen molar-refractivity contribution in [2.75, 3.05) is 20.1 Å². The summed E-state index contributed by atoms with van der Waals surface area (Å²) in [6.07, 6.45) is 4.46. The maximum atomic E-state index is 11.1. The van der Waals surface area contributed by atoms with Crippen LogP contribution in [0.5, 0.6) is 0 Å². The first-order valence-electron chi connectivity index (χ1n) is 10.7. The summed E-state index contributed by atoms with van der Waals surface area (Å²) in [5.41, 5.74) is 4.68. The molecule has 2 aliphatic rings. The average molecular weight is 406 g/mol. The van der Waals surface area contributed by atoms with Gasteiger partial charge < -0.3 is 14.6 Å². The van der Waals surface area contributed by atoms with Crippen LogP contribution in [0.1, 0.15) is 36.0 Å². The van der Waals surface area contributed by atoms with Gasteiger partial charge in [0, 0.05) is 31.7 Å². The fourth-order valence-electron chi connectivity index (χ4n) is 4.90. The molecule has 30 heavy (non-hydrogen) atoms. The number of fused-ring (bicyclic) bond motifs is 2. The van der Waals surface area contributed by atoms with Crippen molar-refractivity contribution >= 4 is 17.1 Å². The van der Waals surface area contributed by atoms with Gasteiger partial charge in [0.25, 0.3) is 0 Å². The summed E-state index contributed by atoms with van der Waals surface area (Å²) in [5.74, 6) is 1.37. The Balaban J connectivity index is 1.40. The van der Waals surface area contributed by atoms with E-state index in [4.69, 9.17) is 15.1 Å². The molecule has 2 aromatic heterocycles. The molecule has 1 unspecified atom stereocenters. The normalized spacial score (nSPS) is 19.1. The third kappa shape index (κ3) is 3.43. The van der Waals surface area contributed by atoms with Gasteiger partial charge in [-0.15, -0.1) is 0 Å². The first-order chi connectivity index (χ1) is 14.6. The van der Waals surface area contributed by atoms with Crippen molar-refractivity contribution in [3.63, 3.8) is 0 Å². The van der Waals surface area contributed by atoms with Gasteiger partial charge in [-0.1, -0.05) is 18.2 Å². The van der Waals surface area contributed by atoms with Crippen molar-refractivity contribution in [3.05, 3.63) is 59.7 Å². The largest absolute Gasteiger partial charge is 0.465 e. The Labute approximate surface area is 176 Å². The maximum Gasteiger partial charge on any atom is 0.407 e. The summed E-state index contributed by atoms with van der Waals surface area (Å²) >= 11 is 0. The molecule has 1 N–H and O–H groups in total. The van der Waals surface area contributed by atoms with E-state index >= 15 is 0 Å². The van der Waals surface area contributed by atoms with Crippen molar-refractivity contribution in [3.8, 4) is 0 Å². The molecule has 3 aromatic rings. The lowest BCUT2D eigenvalue weighted by molar-refractivity contribution is 0.0744. The first-order valence-corrected chi connectivity index (χ1v) is 10.7. The van der Waals surface area contributed by atoms with E-state index in [0.717, 1.165) is 42.8 Å². The van der Waals surface area contributed by atoms with E-state index in [9.17, 15) is 4.79 Å². The summed E-state index contributed by atoms with van der Waals surface area (Å²) in [6, 6.07) is 12.7. The van der Waals surface area contributed by atoms with Gasteiger partial charge in [0.2, 0.25) is 0 Å². The molecule has 1 saturated heterocycles. The van der Waals surface area contributed by atoms with Crippen molar-refractivity contribution in [2.24, 2.45) is 5.92 Å². The SMILES string of the molecule is CN(Cc1nc2ccccc2n1CC1CN(C(=O)O)C1)C1CCCc2cccnc21. The highest BCUT2D eigenvalue weighted by molar-refractivity contribution is 5.76. The Morgan fingerprint density at radius 3 is 2.90 bits per heavy atom. The minimum Gasteiger partial charge on any atom is -0.465 e. The van der Waals surface area contributed by atoms with Crippen molar-refractivity contribution in [2.45, 2.75) is 38.4 Å². The van der Waals surface area contributed by atoms with Crippen LogP contribution in [0.2, 0.25) is 0 Å². The first kappa shape index (κ1) is 19.1. The van der Waals surface area contributed by atoms with Crippen LogP contribution in [0.25, 0.3) is 11.0 Å². The second-order valence-electron chi connectivity index (χ2n) is 8.55. The fourth-order valence-corrected chi connectivity index (χ4v) is 4.90. The molecule has 0 spiro atoms. The van der Waals surface area contributed by atoms with Crippen LogP contribution < -0.4 is 0 Å². The van der Waals surface area contributed by atoms with Gasteiger partial charge in [-0.2, -0.15) is 0 Å². The van der Waals surface area contributed by atoms with Gasteiger partial charge in [-0.25, -0.2) is 9.78 Å². The molecule has 0 bridgehead atoms. The van der Waals surface area contributed by atoms with E-state index in [1.54, 1.807) is 0 Å². The third-order valence-corrected chi connectivity index (χ3v) is 6.49. The van der Waals surface area contributed by atoms with Crippen LogP contribution in [0.15, 0.2) is 42.6 Å². The second kappa shape index (κ2) is 7.72. The summed E-state index contributed by atoms with van der Waals surface area (Å²) in [4.78, 5) is 24.6. The number of nitrogens with zero attached hydrogens (tertiary/aromatic N) is 5. The highest BCUT2D eigenvalue weighted by atomic mass is 16.4. The minimum absolute atomic E-state index is 0.300. The third-order valence-electron chi connectivity index (χ3n) is 6.49. The number of benzene rings is 1. The van der Waals surface area contributed by atoms with E-state index in [1.165, 1.54) is 22.6 Å². The number of para-hydroxylation sites is 2. The molecule has 1 fully saturated rings. The molecule has 5 rings (SSSR count). The van der Waals surface area contributed by atoms with Crippen molar-refractivity contribution in [1.82, 2.24) is 24.3 Å². The van der Waals surface area contributed by atoms with Crippen LogP contribution >= 0.6 is 0 Å². The Morgan fingerprint density at radius 2 is 2.07 bits per heavy atom. The number of aryl methyl sites for hydroxylation is 1. The molecule has 1 amide bonds. The van der Waals surface area contributed by atoms with Crippen LogP contribution in [0.3, 0.4) is 0 Å². The molecule has 7 heteroatoms. The zero-order valence-electron chi connectivity index (χ0n) is 17.2. The highest BCUT2D eigenvalue weighted by Crippen LogP contribution is 2.33. The summed E-state index contributed by atoms with van der Waals surface area (Å²) < 4.78 is 2.29. The Hall–Kier alpha value is -2.93. The quantitative estimate of drug-likeness (QED) is 0.703. The number of pyridine rings is 1. The van der Waals surface area contributed by atoms with Gasteiger partial charge in [0.15, 0.2) is 0 Å². The molecule has 0 saturated carbocycles. The lowest BCUT2D eigenvalue weighted by atomic mass is 9.91. The van der Waals surface area contributed by atoms with E-state index in [2.05, 4.69) is 34.7 Å². The number of amides is 1. The minimum atomic E-state index is -0.829. The Kier molecular flexibility index (Phi) is 4.90. The number of hydrogen-bond donors (Lipinski definition) is 1. The second-order valence-corrected chi connectivity index (χ2v) is 8.55. The lowest BCUT2D eigenvalue weighted by Gasteiger charge is -2.37. The molecule has 0 radical (unpaired) electrons. The van der Waals surface area contributed by atoms with Crippen LogP contribution in [0.4, 0.5) is 4.79 Å². The number of hydrogen-bond acceptors (Lipinski definition) is 4. The number of aromatic nitrogens is 3. The number of carboxylic acid groups (broad SMARTS) is 1. The van der Waals surface area contributed by atoms with Gasteiger partial charge in [0.05, 0.1) is 29.3 Å². The maximum absolute atomic E-state index is 11.1. The van der Waals surface area contributed by atoms with Crippen LogP contribution in [0, 0.1) is 5.92 Å². The van der Waals surface area contributed by atoms with Crippen molar-refractivity contribution < 1.29 is 9.90 Å². The monoisotopic (exact) mass is 405 g/mol. The zero-order chi connectivity index (χ0) is 20.7. The molecular weight excluding hydrogens is 378 g/mol. The molecule has 156 valence electrons. The molecule has 3 heterocycles. The Morgan fingerprint density at radius 1 is 1.23 bits per heavy atom. The van der Waals surface area contributed by atoms with Gasteiger partial charge in [-0.05, 0) is 50.1 Å². The lowest BCUT2D eigenvalue weighted by Crippen LogP contribution is -2.50. The zero-order valence-corrected chi connectivity index (χ0v) is 17.2. The summed E-state index contributed by atoms with van der Waals surface area (Å²) in [7, 11) is 2.16. The van der Waals surface area contributed by atoms with Gasteiger partial charge >= 0.3 is 6.09 Å². The average Bonchev–Trinajstić information content (AvgIpc) is 3.06. The smallest absolute Gasteiger partial charge is 0.407 e. The molecule has 1 atom stereocenters. The predicted molar refractivity (Wildman–Crippen MR) is 114 cm³/mol. The fraction of sp³-hybridized carbons (Fsp3) is 0.435. The van der Waals surface area contributed by atoms with Crippen LogP contribution in [-0.4, -0.2) is 55.7 Å². The molecule has 1 aromatic carbocycles. The number of carbonyl (C=O) groups is 1. The summed E-state index contributed by atoms with van der Waals surface area (Å²) in [6.45, 7) is 2.73. The standard InChI is InChI=1S/C23H27N5O2/c1-26(20-10-4-6-17-7-5-11-24-22(17)20)15-21-25-18-8-2-3-9-19(18)28(21)14-16-12-27(13-16)23(29)30/h2-3,5,7-9,11,16,20H,4,6,10,12-15H2,1H3,(H,29,30). The summed E-state index contributed by atoms with van der Waals surface area (Å²) in [5, 5.41) is 9.14. The molecule has 7 nitrogen and oxygen atoms in total. The molecule has 1 aliphatic carbocycles. The predicted octanol–water partition coefficient (Wildman–Crippen LogP) is 3.55. The number of likely N-dealkylation sites (tertiary alicyclic amines) is 1. The van der Waals surface area contributed by atoms with Crippen LogP contribution in [-0.2, 0) is 19.5 Å². The van der Waals surface area contributed by atoms with Gasteiger partial charge in [0.1, 0.15) is 5.82 Å².